The van der Waals surface area contributed by atoms with E-state index < -0.39 is 5.97 Å². The van der Waals surface area contributed by atoms with E-state index in [1.54, 1.807) is 0 Å². The van der Waals surface area contributed by atoms with E-state index in [1.165, 1.54) is 116 Å². The third-order valence-corrected chi connectivity index (χ3v) is 7.07. The van der Waals surface area contributed by atoms with Gasteiger partial charge in [-0.2, -0.15) is 0 Å². The minimum absolute atomic E-state index is 0.00434. The van der Waals surface area contributed by atoms with Crippen LogP contribution in [0.5, 0.6) is 0 Å². The molecule has 0 heterocycles. The van der Waals surface area contributed by atoms with Crippen molar-refractivity contribution in [2.24, 2.45) is 0 Å². The van der Waals surface area contributed by atoms with Gasteiger partial charge in [0, 0.05) is 12.8 Å². The molecule has 4 nitrogen and oxygen atoms in total. The summed E-state index contributed by atoms with van der Waals surface area (Å²) < 4.78 is 5.59. The van der Waals surface area contributed by atoms with Crippen LogP contribution in [0.3, 0.4) is 0 Å². The topological polar surface area (TPSA) is 63.6 Å². The van der Waals surface area contributed by atoms with Crippen molar-refractivity contribution in [3.05, 3.63) is 0 Å². The lowest BCUT2D eigenvalue weighted by atomic mass is 10.0. The molecule has 1 atom stereocenters. The standard InChI is InChI=1S/C31H60O4/c1-3-4-5-6-7-8-11-16-19-22-25-28-31(34)35-29(2)26-23-20-17-14-12-9-10-13-15-18-21-24-27-30(32)33/h29H,3-28H2,1-2H3,(H,32,33). The van der Waals surface area contributed by atoms with Gasteiger partial charge in [-0.3, -0.25) is 9.59 Å². The Hall–Kier alpha value is -1.06. The first-order valence-corrected chi connectivity index (χ1v) is 15.5. The van der Waals surface area contributed by atoms with Gasteiger partial charge in [0.1, 0.15) is 0 Å². The number of hydrogen-bond acceptors (Lipinski definition) is 3. The fraction of sp³-hybridized carbons (Fsp3) is 0.935. The zero-order chi connectivity index (χ0) is 25.8. The summed E-state index contributed by atoms with van der Waals surface area (Å²) in [7, 11) is 0. The molecule has 0 spiro atoms. The van der Waals surface area contributed by atoms with Gasteiger partial charge in [-0.25, -0.2) is 0 Å². The Balaban J connectivity index is 3.29. The largest absolute Gasteiger partial charge is 0.481 e. The molecule has 0 aliphatic heterocycles. The molecule has 0 rings (SSSR count). The third-order valence-electron chi connectivity index (χ3n) is 7.07. The van der Waals surface area contributed by atoms with Gasteiger partial charge in [0.05, 0.1) is 6.10 Å². The van der Waals surface area contributed by atoms with Gasteiger partial charge < -0.3 is 9.84 Å². The van der Waals surface area contributed by atoms with Crippen molar-refractivity contribution in [2.45, 2.75) is 187 Å². The maximum Gasteiger partial charge on any atom is 0.306 e. The van der Waals surface area contributed by atoms with Gasteiger partial charge in [0.2, 0.25) is 0 Å². The van der Waals surface area contributed by atoms with Crippen molar-refractivity contribution >= 4 is 11.9 Å². The van der Waals surface area contributed by atoms with E-state index in [9.17, 15) is 9.59 Å². The van der Waals surface area contributed by atoms with E-state index in [0.29, 0.717) is 12.8 Å². The van der Waals surface area contributed by atoms with Gasteiger partial charge >= 0.3 is 11.9 Å². The molecular weight excluding hydrogens is 436 g/mol. The van der Waals surface area contributed by atoms with Crippen molar-refractivity contribution in [1.82, 2.24) is 0 Å². The van der Waals surface area contributed by atoms with Crippen molar-refractivity contribution in [2.75, 3.05) is 0 Å². The smallest absolute Gasteiger partial charge is 0.306 e. The fourth-order valence-corrected chi connectivity index (χ4v) is 4.75. The van der Waals surface area contributed by atoms with Gasteiger partial charge in [-0.15, -0.1) is 0 Å². The predicted octanol–water partition coefficient (Wildman–Crippen LogP) is 10.2. The Bertz CT molecular complexity index is 463. The van der Waals surface area contributed by atoms with E-state index in [4.69, 9.17) is 9.84 Å². The highest BCUT2D eigenvalue weighted by molar-refractivity contribution is 5.69. The van der Waals surface area contributed by atoms with Crippen LogP contribution in [0, 0.1) is 0 Å². The number of ether oxygens (including phenoxy) is 1. The number of carbonyl (C=O) groups is 2. The Labute approximate surface area is 218 Å². The number of aliphatic carboxylic acids is 1. The average molecular weight is 497 g/mol. The van der Waals surface area contributed by atoms with Crippen molar-refractivity contribution < 1.29 is 19.4 Å². The summed E-state index contributed by atoms with van der Waals surface area (Å²) >= 11 is 0. The normalized spacial score (nSPS) is 12.1. The molecule has 0 radical (unpaired) electrons. The lowest BCUT2D eigenvalue weighted by Gasteiger charge is -2.13. The van der Waals surface area contributed by atoms with Crippen LogP contribution in [0.15, 0.2) is 0 Å². The summed E-state index contributed by atoms with van der Waals surface area (Å²) in [5.74, 6) is -0.675. The molecule has 208 valence electrons. The van der Waals surface area contributed by atoms with Crippen LogP contribution in [0.25, 0.3) is 0 Å². The first-order chi connectivity index (χ1) is 17.1. The molecule has 0 aromatic carbocycles. The summed E-state index contributed by atoms with van der Waals surface area (Å²) in [5.41, 5.74) is 0. The van der Waals surface area contributed by atoms with Gasteiger partial charge in [0.25, 0.3) is 0 Å². The second-order valence-electron chi connectivity index (χ2n) is 10.8. The Morgan fingerprint density at radius 1 is 0.543 bits per heavy atom. The zero-order valence-corrected chi connectivity index (χ0v) is 23.6. The maximum atomic E-state index is 12.0. The number of esters is 1. The highest BCUT2D eigenvalue weighted by atomic mass is 16.5. The summed E-state index contributed by atoms with van der Waals surface area (Å²) in [6, 6.07) is 0. The Kier molecular flexibility index (Phi) is 26.7. The molecule has 4 heteroatoms. The second-order valence-corrected chi connectivity index (χ2v) is 10.8. The molecule has 0 saturated carbocycles. The second kappa shape index (κ2) is 27.5. The van der Waals surface area contributed by atoms with Crippen LogP contribution < -0.4 is 0 Å². The molecule has 0 aromatic rings. The van der Waals surface area contributed by atoms with Gasteiger partial charge in [0.15, 0.2) is 0 Å². The fourth-order valence-electron chi connectivity index (χ4n) is 4.75. The van der Waals surface area contributed by atoms with Crippen LogP contribution >= 0.6 is 0 Å². The van der Waals surface area contributed by atoms with Gasteiger partial charge in [-0.05, 0) is 32.6 Å². The van der Waals surface area contributed by atoms with E-state index in [1.807, 2.05) is 6.92 Å². The first kappa shape index (κ1) is 33.9. The summed E-state index contributed by atoms with van der Waals surface area (Å²) in [5, 5.41) is 8.61. The number of rotatable bonds is 28. The van der Waals surface area contributed by atoms with Crippen LogP contribution in [-0.2, 0) is 14.3 Å². The molecule has 0 aliphatic rings. The highest BCUT2D eigenvalue weighted by Crippen LogP contribution is 2.15. The summed E-state index contributed by atoms with van der Waals surface area (Å²) in [6.45, 7) is 4.31. The minimum atomic E-state index is -0.671. The molecule has 1 N–H and O–H groups in total. The van der Waals surface area contributed by atoms with Gasteiger partial charge in [-0.1, -0.05) is 135 Å². The highest BCUT2D eigenvalue weighted by Gasteiger charge is 2.09. The predicted molar refractivity (Wildman–Crippen MR) is 149 cm³/mol. The van der Waals surface area contributed by atoms with E-state index >= 15 is 0 Å². The number of carboxylic acid groups (broad SMARTS) is 1. The Morgan fingerprint density at radius 3 is 1.29 bits per heavy atom. The number of hydrogen-bond donors (Lipinski definition) is 1. The van der Waals surface area contributed by atoms with Crippen LogP contribution in [0.2, 0.25) is 0 Å². The van der Waals surface area contributed by atoms with Crippen LogP contribution in [-0.4, -0.2) is 23.1 Å². The third kappa shape index (κ3) is 29.1. The number of carbonyl (C=O) groups excluding carboxylic acids is 1. The average Bonchev–Trinajstić information content (AvgIpc) is 2.82. The van der Waals surface area contributed by atoms with Crippen molar-refractivity contribution in [3.63, 3.8) is 0 Å². The first-order valence-electron chi connectivity index (χ1n) is 15.5. The molecule has 0 aromatic heterocycles. The molecule has 1 unspecified atom stereocenters. The minimum Gasteiger partial charge on any atom is -0.481 e. The summed E-state index contributed by atoms with van der Waals surface area (Å²) in [4.78, 5) is 22.5. The monoisotopic (exact) mass is 496 g/mol. The lowest BCUT2D eigenvalue weighted by molar-refractivity contribution is -0.148. The van der Waals surface area contributed by atoms with E-state index in [0.717, 1.165) is 38.5 Å². The zero-order valence-electron chi connectivity index (χ0n) is 23.6. The lowest BCUT2D eigenvalue weighted by Crippen LogP contribution is -2.14. The number of unbranched alkanes of at least 4 members (excludes halogenated alkanes) is 21. The SMILES string of the molecule is CCCCCCCCCCCCCC(=O)OC(C)CCCCCCCCCCCCCCC(=O)O. The molecule has 0 aliphatic carbocycles. The molecule has 0 amide bonds. The van der Waals surface area contributed by atoms with E-state index in [-0.39, 0.29) is 12.1 Å². The number of carboxylic acids is 1. The molecule has 0 saturated heterocycles. The molecular formula is C31H60O4. The maximum absolute atomic E-state index is 12.0. The molecule has 35 heavy (non-hydrogen) atoms. The molecule has 0 fully saturated rings. The van der Waals surface area contributed by atoms with Crippen molar-refractivity contribution in [1.29, 1.82) is 0 Å². The molecule has 0 bridgehead atoms. The van der Waals surface area contributed by atoms with Crippen LogP contribution in [0.4, 0.5) is 0 Å². The summed E-state index contributed by atoms with van der Waals surface area (Å²) in [6.07, 6.45) is 30.8. The van der Waals surface area contributed by atoms with Crippen LogP contribution in [0.1, 0.15) is 181 Å². The van der Waals surface area contributed by atoms with Crippen molar-refractivity contribution in [3.8, 4) is 0 Å². The quantitative estimate of drug-likeness (QED) is 0.0864. The van der Waals surface area contributed by atoms with E-state index in [2.05, 4.69) is 6.92 Å². The Morgan fingerprint density at radius 2 is 0.886 bits per heavy atom.